The second kappa shape index (κ2) is 8.28. The van der Waals surface area contributed by atoms with Gasteiger partial charge >= 0.3 is 0 Å². The molecule has 0 radical (unpaired) electrons. The summed E-state index contributed by atoms with van der Waals surface area (Å²) >= 11 is 0. The molecule has 2 atom stereocenters. The van der Waals surface area contributed by atoms with Crippen molar-refractivity contribution in [2.45, 2.75) is 19.4 Å². The van der Waals surface area contributed by atoms with Crippen LogP contribution in [-0.2, 0) is 0 Å². The molecule has 1 aliphatic rings. The molecule has 0 spiro atoms. The van der Waals surface area contributed by atoms with E-state index in [4.69, 9.17) is 5.73 Å². The summed E-state index contributed by atoms with van der Waals surface area (Å²) in [5, 5.41) is 1.01. The van der Waals surface area contributed by atoms with E-state index in [0.717, 1.165) is 41.7 Å². The largest absolute Gasteiger partial charge is 0.369 e. The minimum absolute atomic E-state index is 0.117. The standard InChI is InChI=1S/C26H24F2N4/c1-16-12-18(29)15-32(14-16)25-10-11-30-23-9-8-17(13-19(23)25)22-6-3-7-24(31-22)26-20(27)4-2-5-21(26)28/h2-11,13,16,18H,12,14-15,29H2,1H3/t16?,18-/m0/s1. The highest BCUT2D eigenvalue weighted by Gasteiger charge is 2.24. The van der Waals surface area contributed by atoms with Crippen LogP contribution in [0.4, 0.5) is 14.5 Å². The lowest BCUT2D eigenvalue weighted by Crippen LogP contribution is -2.46. The molecule has 5 rings (SSSR count). The first-order valence-corrected chi connectivity index (χ1v) is 10.8. The smallest absolute Gasteiger partial charge is 0.135 e. The summed E-state index contributed by atoms with van der Waals surface area (Å²) in [5.74, 6) is -0.746. The summed E-state index contributed by atoms with van der Waals surface area (Å²) in [5.41, 5.74) is 9.91. The van der Waals surface area contributed by atoms with E-state index in [1.54, 1.807) is 12.1 Å². The van der Waals surface area contributed by atoms with Crippen molar-refractivity contribution in [3.05, 3.63) is 78.5 Å². The van der Waals surface area contributed by atoms with E-state index >= 15 is 0 Å². The molecule has 3 heterocycles. The molecular weight excluding hydrogens is 406 g/mol. The number of fused-ring (bicyclic) bond motifs is 1. The molecule has 0 amide bonds. The van der Waals surface area contributed by atoms with Gasteiger partial charge in [-0.15, -0.1) is 0 Å². The van der Waals surface area contributed by atoms with Gasteiger partial charge in [0.15, 0.2) is 0 Å². The Morgan fingerprint density at radius 2 is 1.69 bits per heavy atom. The second-order valence-corrected chi connectivity index (χ2v) is 8.57. The van der Waals surface area contributed by atoms with Gasteiger partial charge in [-0.1, -0.05) is 25.1 Å². The Hall–Kier alpha value is -3.38. The summed E-state index contributed by atoms with van der Waals surface area (Å²) in [6.45, 7) is 3.96. The Morgan fingerprint density at radius 3 is 2.47 bits per heavy atom. The summed E-state index contributed by atoms with van der Waals surface area (Å²) in [6, 6.07) is 17.2. The van der Waals surface area contributed by atoms with Crippen molar-refractivity contribution in [1.29, 1.82) is 0 Å². The molecule has 0 aliphatic carbocycles. The van der Waals surface area contributed by atoms with Crippen LogP contribution in [0.15, 0.2) is 66.9 Å². The molecule has 2 aromatic carbocycles. The van der Waals surface area contributed by atoms with Crippen LogP contribution in [0.2, 0.25) is 0 Å². The van der Waals surface area contributed by atoms with Crippen LogP contribution in [0, 0.1) is 17.6 Å². The maximum absolute atomic E-state index is 14.3. The maximum atomic E-state index is 14.3. The first-order chi connectivity index (χ1) is 15.5. The van der Waals surface area contributed by atoms with Crippen molar-refractivity contribution in [3.8, 4) is 22.5 Å². The summed E-state index contributed by atoms with van der Waals surface area (Å²) in [7, 11) is 0. The number of pyridine rings is 2. The Balaban J connectivity index is 1.59. The molecule has 0 saturated carbocycles. The zero-order chi connectivity index (χ0) is 22.2. The van der Waals surface area contributed by atoms with E-state index < -0.39 is 11.6 Å². The number of nitrogens with zero attached hydrogens (tertiary/aromatic N) is 3. The van der Waals surface area contributed by atoms with E-state index in [-0.39, 0.29) is 17.3 Å². The number of rotatable bonds is 3. The number of anilines is 1. The fourth-order valence-electron chi connectivity index (χ4n) is 4.64. The van der Waals surface area contributed by atoms with E-state index in [1.165, 1.54) is 18.2 Å². The zero-order valence-electron chi connectivity index (χ0n) is 17.8. The van der Waals surface area contributed by atoms with Gasteiger partial charge in [0.05, 0.1) is 22.5 Å². The summed E-state index contributed by atoms with van der Waals surface area (Å²) in [6.07, 6.45) is 2.84. The minimum Gasteiger partial charge on any atom is -0.369 e. The van der Waals surface area contributed by atoms with Gasteiger partial charge in [0, 0.05) is 42.0 Å². The van der Waals surface area contributed by atoms with Gasteiger partial charge in [-0.25, -0.2) is 13.8 Å². The van der Waals surface area contributed by atoms with Crippen LogP contribution in [0.3, 0.4) is 0 Å². The lowest BCUT2D eigenvalue weighted by Gasteiger charge is -2.37. The molecule has 2 aromatic heterocycles. The predicted octanol–water partition coefficient (Wildman–Crippen LogP) is 5.42. The quantitative estimate of drug-likeness (QED) is 0.472. The predicted molar refractivity (Wildman–Crippen MR) is 124 cm³/mol. The van der Waals surface area contributed by atoms with Gasteiger partial charge in [0.2, 0.25) is 0 Å². The molecule has 1 saturated heterocycles. The number of piperidine rings is 1. The third-order valence-corrected chi connectivity index (χ3v) is 6.02. The van der Waals surface area contributed by atoms with Crippen molar-refractivity contribution < 1.29 is 8.78 Å². The third kappa shape index (κ3) is 3.82. The SMILES string of the molecule is CC1C[C@H](N)CN(c2ccnc3ccc(-c4cccc(-c5c(F)cccc5F)n4)cc23)C1. The Bertz CT molecular complexity index is 1260. The third-order valence-electron chi connectivity index (χ3n) is 6.02. The van der Waals surface area contributed by atoms with Crippen molar-refractivity contribution >= 4 is 16.6 Å². The normalized spacial score (nSPS) is 18.8. The van der Waals surface area contributed by atoms with Crippen LogP contribution in [0.25, 0.3) is 33.4 Å². The van der Waals surface area contributed by atoms with Crippen LogP contribution in [0.5, 0.6) is 0 Å². The first kappa shape index (κ1) is 20.5. The molecule has 6 heteroatoms. The fourth-order valence-corrected chi connectivity index (χ4v) is 4.64. The average molecular weight is 431 g/mol. The number of benzene rings is 2. The molecule has 0 bridgehead atoms. The van der Waals surface area contributed by atoms with Gasteiger partial charge in [0.25, 0.3) is 0 Å². The van der Waals surface area contributed by atoms with Crippen LogP contribution in [0.1, 0.15) is 13.3 Å². The minimum atomic E-state index is -0.629. The summed E-state index contributed by atoms with van der Waals surface area (Å²) < 4.78 is 28.6. The first-order valence-electron chi connectivity index (χ1n) is 10.8. The molecule has 1 fully saturated rings. The highest BCUT2D eigenvalue weighted by molar-refractivity contribution is 5.94. The molecule has 1 aliphatic heterocycles. The number of hydrogen-bond acceptors (Lipinski definition) is 4. The molecule has 4 aromatic rings. The molecule has 2 N–H and O–H groups in total. The van der Waals surface area contributed by atoms with Crippen molar-refractivity contribution in [1.82, 2.24) is 9.97 Å². The van der Waals surface area contributed by atoms with Crippen molar-refractivity contribution in [2.24, 2.45) is 11.7 Å². The second-order valence-electron chi connectivity index (χ2n) is 8.57. The average Bonchev–Trinajstić information content (AvgIpc) is 2.78. The molecule has 4 nitrogen and oxygen atoms in total. The molecule has 162 valence electrons. The van der Waals surface area contributed by atoms with Crippen LogP contribution < -0.4 is 10.6 Å². The van der Waals surface area contributed by atoms with Gasteiger partial charge < -0.3 is 10.6 Å². The lowest BCUT2D eigenvalue weighted by atomic mass is 9.95. The van der Waals surface area contributed by atoms with Crippen molar-refractivity contribution in [2.75, 3.05) is 18.0 Å². The topological polar surface area (TPSA) is 55.0 Å². The van der Waals surface area contributed by atoms with Crippen LogP contribution in [-0.4, -0.2) is 29.1 Å². The van der Waals surface area contributed by atoms with Gasteiger partial charge in [-0.3, -0.25) is 4.98 Å². The Labute approximate surface area is 185 Å². The van der Waals surface area contributed by atoms with E-state index in [1.807, 2.05) is 36.5 Å². The number of nitrogens with two attached hydrogens (primary N) is 1. The lowest BCUT2D eigenvalue weighted by molar-refractivity contribution is 0.402. The number of halogens is 2. The monoisotopic (exact) mass is 430 g/mol. The van der Waals surface area contributed by atoms with Crippen LogP contribution >= 0.6 is 0 Å². The van der Waals surface area contributed by atoms with Gasteiger partial charge in [-0.2, -0.15) is 0 Å². The number of aromatic nitrogens is 2. The number of hydrogen-bond donors (Lipinski definition) is 1. The molecular formula is C26H24F2N4. The van der Waals surface area contributed by atoms with E-state index in [0.29, 0.717) is 11.6 Å². The fraction of sp³-hybridized carbons (Fsp3) is 0.231. The van der Waals surface area contributed by atoms with Gasteiger partial charge in [-0.05, 0) is 54.8 Å². The summed E-state index contributed by atoms with van der Waals surface area (Å²) in [4.78, 5) is 11.4. The zero-order valence-corrected chi connectivity index (χ0v) is 17.8. The highest BCUT2D eigenvalue weighted by atomic mass is 19.1. The highest BCUT2D eigenvalue weighted by Crippen LogP contribution is 2.33. The molecule has 32 heavy (non-hydrogen) atoms. The maximum Gasteiger partial charge on any atom is 0.135 e. The van der Waals surface area contributed by atoms with E-state index in [2.05, 4.69) is 21.8 Å². The molecule has 1 unspecified atom stereocenters. The Morgan fingerprint density at radius 1 is 0.938 bits per heavy atom. The van der Waals surface area contributed by atoms with E-state index in [9.17, 15) is 8.78 Å². The van der Waals surface area contributed by atoms with Gasteiger partial charge in [0.1, 0.15) is 11.6 Å². The Kier molecular flexibility index (Phi) is 5.31. The van der Waals surface area contributed by atoms with Crippen molar-refractivity contribution in [3.63, 3.8) is 0 Å².